The summed E-state index contributed by atoms with van der Waals surface area (Å²) in [6, 6.07) is 16.0. The number of hydrogen-bond acceptors (Lipinski definition) is 6. The lowest BCUT2D eigenvalue weighted by atomic mass is 10.0. The Morgan fingerprint density at radius 2 is 1.77 bits per heavy atom. The number of rotatable bonds is 6. The average Bonchev–Trinajstić information content (AvgIpc) is 2.80. The zero-order chi connectivity index (χ0) is 21.6. The van der Waals surface area contributed by atoms with E-state index in [1.807, 2.05) is 61.8 Å². The lowest BCUT2D eigenvalue weighted by Crippen LogP contribution is -2.48. The van der Waals surface area contributed by atoms with E-state index in [0.717, 1.165) is 54.3 Å². The van der Waals surface area contributed by atoms with Crippen LogP contribution >= 0.6 is 0 Å². The molecule has 1 fully saturated rings. The van der Waals surface area contributed by atoms with Gasteiger partial charge in [0.25, 0.3) is 0 Å². The summed E-state index contributed by atoms with van der Waals surface area (Å²) >= 11 is 0. The minimum absolute atomic E-state index is 0.0793. The van der Waals surface area contributed by atoms with Gasteiger partial charge in [0, 0.05) is 44.7 Å². The van der Waals surface area contributed by atoms with Crippen molar-refractivity contribution in [3.8, 4) is 11.1 Å². The monoisotopic (exact) mass is 416 g/mol. The zero-order valence-corrected chi connectivity index (χ0v) is 17.8. The van der Waals surface area contributed by atoms with Crippen LogP contribution in [0.4, 0.5) is 11.5 Å². The van der Waals surface area contributed by atoms with Crippen molar-refractivity contribution in [1.82, 2.24) is 14.9 Å². The fourth-order valence-electron chi connectivity index (χ4n) is 3.75. The van der Waals surface area contributed by atoms with Crippen LogP contribution in [-0.4, -0.2) is 53.6 Å². The zero-order valence-electron chi connectivity index (χ0n) is 17.8. The Bertz CT molecular complexity index is 1010. The van der Waals surface area contributed by atoms with Crippen molar-refractivity contribution >= 4 is 17.4 Å². The lowest BCUT2D eigenvalue weighted by Gasteiger charge is -2.35. The third-order valence-electron chi connectivity index (χ3n) is 5.56. The summed E-state index contributed by atoms with van der Waals surface area (Å²) < 4.78 is 0. The minimum Gasteiger partial charge on any atom is -0.368 e. The van der Waals surface area contributed by atoms with Crippen LogP contribution in [0.2, 0.25) is 0 Å². The molecule has 160 valence electrons. The van der Waals surface area contributed by atoms with E-state index in [-0.39, 0.29) is 5.91 Å². The summed E-state index contributed by atoms with van der Waals surface area (Å²) in [7, 11) is 0. The first-order valence-corrected chi connectivity index (χ1v) is 10.6. The molecule has 1 aliphatic heterocycles. The molecule has 1 amide bonds. The lowest BCUT2D eigenvalue weighted by molar-refractivity contribution is -0.115. The van der Waals surface area contributed by atoms with Crippen molar-refractivity contribution in [2.24, 2.45) is 5.73 Å². The number of aromatic nitrogens is 2. The van der Waals surface area contributed by atoms with Crippen molar-refractivity contribution in [2.75, 3.05) is 43.1 Å². The number of nitrogens with two attached hydrogens (primary N) is 1. The molecule has 0 aliphatic carbocycles. The van der Waals surface area contributed by atoms with Gasteiger partial charge in [0.05, 0.1) is 18.3 Å². The van der Waals surface area contributed by atoms with E-state index in [1.165, 1.54) is 0 Å². The highest BCUT2D eigenvalue weighted by Gasteiger charge is 2.16. The Balaban J connectivity index is 1.31. The smallest absolute Gasteiger partial charge is 0.229 e. The molecule has 4 rings (SSSR count). The molecule has 7 heteroatoms. The van der Waals surface area contributed by atoms with Crippen LogP contribution in [0.5, 0.6) is 0 Å². The maximum absolute atomic E-state index is 12.5. The first-order chi connectivity index (χ1) is 15.1. The van der Waals surface area contributed by atoms with Crippen molar-refractivity contribution in [2.45, 2.75) is 13.3 Å². The van der Waals surface area contributed by atoms with Crippen molar-refractivity contribution < 1.29 is 4.79 Å². The molecule has 3 aromatic rings. The summed E-state index contributed by atoms with van der Waals surface area (Å²) in [4.78, 5) is 25.6. The number of anilines is 2. The van der Waals surface area contributed by atoms with Gasteiger partial charge in [-0.15, -0.1) is 0 Å². The van der Waals surface area contributed by atoms with E-state index >= 15 is 0 Å². The van der Waals surface area contributed by atoms with Crippen molar-refractivity contribution in [1.29, 1.82) is 0 Å². The van der Waals surface area contributed by atoms with E-state index in [2.05, 4.69) is 31.2 Å². The van der Waals surface area contributed by atoms with Gasteiger partial charge in [-0.25, -0.2) is 4.98 Å². The molecular formula is C24H28N6O. The number of piperazine rings is 1. The molecule has 3 N–H and O–H groups in total. The molecule has 0 atom stereocenters. The third kappa shape index (κ3) is 5.45. The number of pyridine rings is 2. The van der Waals surface area contributed by atoms with E-state index in [0.29, 0.717) is 18.9 Å². The minimum atomic E-state index is -0.0793. The fourth-order valence-corrected chi connectivity index (χ4v) is 3.75. The summed E-state index contributed by atoms with van der Waals surface area (Å²) in [5.41, 5.74) is 10.9. The Hall–Kier alpha value is -3.29. The molecule has 0 spiro atoms. The number of nitrogens with one attached hydrogen (secondary N) is 1. The van der Waals surface area contributed by atoms with Crippen LogP contribution in [0, 0.1) is 6.92 Å². The number of nitrogens with zero attached hydrogens (tertiary/aromatic N) is 4. The maximum atomic E-state index is 12.5. The van der Waals surface area contributed by atoms with Gasteiger partial charge >= 0.3 is 0 Å². The van der Waals surface area contributed by atoms with Gasteiger partial charge in [0.2, 0.25) is 5.91 Å². The molecule has 0 saturated carbocycles. The summed E-state index contributed by atoms with van der Waals surface area (Å²) in [5, 5.41) is 2.89. The molecule has 2 aromatic heterocycles. The standard InChI is InChI=1S/C24H28N6O/c1-18-14-21(8-9-26-18)20-4-2-19(3-5-20)15-24(31)28-23-7-6-22(16-27-23)30-12-10-29(17-25)11-13-30/h2-9,14,16H,10-13,15,17,25H2,1H3,(H,27,28,31). The normalized spacial score (nSPS) is 14.5. The fraction of sp³-hybridized carbons (Fsp3) is 0.292. The van der Waals surface area contributed by atoms with Crippen LogP contribution < -0.4 is 16.0 Å². The molecule has 7 nitrogen and oxygen atoms in total. The molecule has 0 unspecified atom stereocenters. The second-order valence-corrected chi connectivity index (χ2v) is 7.80. The number of carbonyl (C=O) groups excluding carboxylic acids is 1. The number of carbonyl (C=O) groups is 1. The highest BCUT2D eigenvalue weighted by molar-refractivity contribution is 5.91. The molecule has 1 saturated heterocycles. The third-order valence-corrected chi connectivity index (χ3v) is 5.56. The topological polar surface area (TPSA) is 87.4 Å². The van der Waals surface area contributed by atoms with E-state index in [1.54, 1.807) is 0 Å². The number of benzene rings is 1. The molecular weight excluding hydrogens is 388 g/mol. The SMILES string of the molecule is Cc1cc(-c2ccc(CC(=O)Nc3ccc(N4CCN(CN)CC4)cn3)cc2)ccn1. The summed E-state index contributed by atoms with van der Waals surface area (Å²) in [6.07, 6.45) is 3.93. The molecule has 1 aromatic carbocycles. The first kappa shape index (κ1) is 21.0. The van der Waals surface area contributed by atoms with E-state index in [9.17, 15) is 4.79 Å². The van der Waals surface area contributed by atoms with Crippen LogP contribution in [0.1, 0.15) is 11.3 Å². The molecule has 0 bridgehead atoms. The second kappa shape index (κ2) is 9.68. The highest BCUT2D eigenvalue weighted by atomic mass is 16.1. The van der Waals surface area contributed by atoms with Crippen LogP contribution in [0.25, 0.3) is 11.1 Å². The Morgan fingerprint density at radius 1 is 1.00 bits per heavy atom. The van der Waals surface area contributed by atoms with Gasteiger partial charge in [-0.3, -0.25) is 14.7 Å². The van der Waals surface area contributed by atoms with Gasteiger partial charge in [-0.05, 0) is 47.9 Å². The molecule has 1 aliphatic rings. The molecule has 31 heavy (non-hydrogen) atoms. The number of hydrogen-bond donors (Lipinski definition) is 2. The predicted molar refractivity (Wildman–Crippen MR) is 124 cm³/mol. The predicted octanol–water partition coefficient (Wildman–Crippen LogP) is 2.67. The number of aryl methyl sites for hydroxylation is 1. The van der Waals surface area contributed by atoms with Gasteiger partial charge < -0.3 is 16.0 Å². The van der Waals surface area contributed by atoms with Crippen molar-refractivity contribution in [3.05, 3.63) is 72.2 Å². The number of amides is 1. The van der Waals surface area contributed by atoms with Gasteiger partial charge in [0.1, 0.15) is 5.82 Å². The average molecular weight is 417 g/mol. The molecule has 0 radical (unpaired) electrons. The van der Waals surface area contributed by atoms with Crippen LogP contribution in [-0.2, 0) is 11.2 Å². The Morgan fingerprint density at radius 3 is 2.42 bits per heavy atom. The Kier molecular flexibility index (Phi) is 6.54. The largest absolute Gasteiger partial charge is 0.368 e. The van der Waals surface area contributed by atoms with Gasteiger partial charge in [0.15, 0.2) is 0 Å². The highest BCUT2D eigenvalue weighted by Crippen LogP contribution is 2.21. The second-order valence-electron chi connectivity index (χ2n) is 7.80. The van der Waals surface area contributed by atoms with Crippen LogP contribution in [0.3, 0.4) is 0 Å². The van der Waals surface area contributed by atoms with Crippen LogP contribution in [0.15, 0.2) is 60.9 Å². The van der Waals surface area contributed by atoms with E-state index in [4.69, 9.17) is 5.73 Å². The van der Waals surface area contributed by atoms with E-state index < -0.39 is 0 Å². The van der Waals surface area contributed by atoms with Gasteiger partial charge in [-0.1, -0.05) is 24.3 Å². The summed E-state index contributed by atoms with van der Waals surface area (Å²) in [5.74, 6) is 0.488. The van der Waals surface area contributed by atoms with Gasteiger partial charge in [-0.2, -0.15) is 0 Å². The Labute approximate surface area is 182 Å². The first-order valence-electron chi connectivity index (χ1n) is 10.6. The summed E-state index contributed by atoms with van der Waals surface area (Å²) in [6.45, 7) is 6.34. The molecule has 3 heterocycles. The quantitative estimate of drug-likeness (QED) is 0.642. The maximum Gasteiger partial charge on any atom is 0.229 e. The van der Waals surface area contributed by atoms with Crippen molar-refractivity contribution in [3.63, 3.8) is 0 Å².